The zero-order valence-corrected chi connectivity index (χ0v) is 9.75. The highest BCUT2D eigenvalue weighted by Crippen LogP contribution is 2.10. The summed E-state index contributed by atoms with van der Waals surface area (Å²) < 4.78 is 25.0. The largest absolute Gasteiger partial charge is 0.330 e. The predicted octanol–water partition coefficient (Wildman–Crippen LogP) is 0.0126. The highest BCUT2D eigenvalue weighted by molar-refractivity contribution is 7.90. The molecule has 0 saturated carbocycles. The zero-order chi connectivity index (χ0) is 12.2. The van der Waals surface area contributed by atoms with Crippen LogP contribution in [0.4, 0.5) is 0 Å². The van der Waals surface area contributed by atoms with Crippen LogP contribution in [0.25, 0.3) is 0 Å². The fourth-order valence-corrected chi connectivity index (χ4v) is 2.24. The second-order valence-corrected chi connectivity index (χ2v) is 5.03. The molecule has 1 aromatic carbocycles. The third-order valence-electron chi connectivity index (χ3n) is 1.94. The van der Waals surface area contributed by atoms with Crippen LogP contribution in [0.15, 0.2) is 29.2 Å². The van der Waals surface area contributed by atoms with Crippen molar-refractivity contribution in [3.05, 3.63) is 29.8 Å². The van der Waals surface area contributed by atoms with Gasteiger partial charge >= 0.3 is 0 Å². The smallest absolute Gasteiger partial charge is 0.264 e. The van der Waals surface area contributed by atoms with Crippen LogP contribution >= 0.6 is 0 Å². The Hall–Kier alpha value is -1.40. The molecule has 0 bridgehead atoms. The molecule has 1 rings (SSSR count). The molecule has 0 radical (unpaired) electrons. The Bertz CT molecular complexity index is 465. The Morgan fingerprint density at radius 1 is 1.31 bits per heavy atom. The number of carbonyl (C=O) groups excluding carboxylic acids is 1. The van der Waals surface area contributed by atoms with Crippen LogP contribution in [-0.4, -0.2) is 20.9 Å². The summed E-state index contributed by atoms with van der Waals surface area (Å²) in [5, 5.41) is 0. The highest BCUT2D eigenvalue weighted by Gasteiger charge is 2.14. The van der Waals surface area contributed by atoms with Gasteiger partial charge in [-0.05, 0) is 30.7 Å². The van der Waals surface area contributed by atoms with E-state index in [4.69, 9.17) is 5.73 Å². The molecule has 0 unspecified atom stereocenters. The van der Waals surface area contributed by atoms with Gasteiger partial charge in [0.25, 0.3) is 10.0 Å². The van der Waals surface area contributed by atoms with Crippen LogP contribution in [-0.2, 0) is 21.2 Å². The van der Waals surface area contributed by atoms with Crippen molar-refractivity contribution >= 4 is 15.9 Å². The summed E-state index contributed by atoms with van der Waals surface area (Å²) in [6.45, 7) is 1.66. The lowest BCUT2D eigenvalue weighted by Crippen LogP contribution is -2.28. The molecule has 0 aromatic heterocycles. The molecule has 1 aromatic rings. The van der Waals surface area contributed by atoms with Gasteiger partial charge in [-0.15, -0.1) is 0 Å². The Kier molecular flexibility index (Phi) is 4.03. The van der Waals surface area contributed by atoms with E-state index >= 15 is 0 Å². The van der Waals surface area contributed by atoms with Gasteiger partial charge < -0.3 is 5.73 Å². The van der Waals surface area contributed by atoms with E-state index in [0.29, 0.717) is 13.0 Å². The topological polar surface area (TPSA) is 89.3 Å². The number of carbonyl (C=O) groups is 1. The minimum absolute atomic E-state index is 0.0727. The van der Waals surface area contributed by atoms with Crippen LogP contribution in [0.5, 0.6) is 0 Å². The zero-order valence-electron chi connectivity index (χ0n) is 8.93. The van der Waals surface area contributed by atoms with E-state index in [1.807, 2.05) is 4.72 Å². The normalized spacial score (nSPS) is 11.1. The van der Waals surface area contributed by atoms with Crippen LogP contribution in [0.1, 0.15) is 12.5 Å². The first-order valence-electron chi connectivity index (χ1n) is 4.78. The molecule has 0 aliphatic heterocycles. The number of benzene rings is 1. The van der Waals surface area contributed by atoms with Gasteiger partial charge in [0.05, 0.1) is 4.90 Å². The first-order chi connectivity index (χ1) is 7.45. The SMILES string of the molecule is CC(=O)NS(=O)(=O)c1ccc(CCN)cc1. The van der Waals surface area contributed by atoms with Gasteiger partial charge in [-0.25, -0.2) is 13.1 Å². The van der Waals surface area contributed by atoms with Crippen molar-refractivity contribution in [3.63, 3.8) is 0 Å². The molecular formula is C10H14N2O3S. The van der Waals surface area contributed by atoms with Gasteiger partial charge in [0.1, 0.15) is 0 Å². The van der Waals surface area contributed by atoms with E-state index in [2.05, 4.69) is 0 Å². The predicted molar refractivity (Wildman–Crippen MR) is 60.2 cm³/mol. The number of amides is 1. The quantitative estimate of drug-likeness (QED) is 0.778. The molecule has 0 atom stereocenters. The monoisotopic (exact) mass is 242 g/mol. The second kappa shape index (κ2) is 5.09. The Labute approximate surface area is 94.7 Å². The lowest BCUT2D eigenvalue weighted by Gasteiger charge is -2.05. The molecule has 6 heteroatoms. The lowest BCUT2D eigenvalue weighted by atomic mass is 10.2. The Morgan fingerprint density at radius 3 is 2.31 bits per heavy atom. The summed E-state index contributed by atoms with van der Waals surface area (Å²) in [6.07, 6.45) is 0.695. The number of hydrogen-bond donors (Lipinski definition) is 2. The van der Waals surface area contributed by atoms with Crippen molar-refractivity contribution in [2.45, 2.75) is 18.2 Å². The maximum Gasteiger partial charge on any atom is 0.264 e. The molecule has 0 heterocycles. The van der Waals surface area contributed by atoms with Crippen molar-refractivity contribution in [1.82, 2.24) is 4.72 Å². The summed E-state index contributed by atoms with van der Waals surface area (Å²) in [4.78, 5) is 10.8. The summed E-state index contributed by atoms with van der Waals surface area (Å²) in [6, 6.07) is 6.27. The molecule has 0 saturated heterocycles. The first kappa shape index (κ1) is 12.7. The van der Waals surface area contributed by atoms with Gasteiger partial charge in [-0.3, -0.25) is 4.79 Å². The standard InChI is InChI=1S/C10H14N2O3S/c1-8(13)12-16(14,15)10-4-2-9(3-5-10)6-7-11/h2-5H,6-7,11H2,1H3,(H,12,13). The number of rotatable bonds is 4. The summed E-state index contributed by atoms with van der Waals surface area (Å²) in [5.74, 6) is -0.606. The highest BCUT2D eigenvalue weighted by atomic mass is 32.2. The molecule has 3 N–H and O–H groups in total. The van der Waals surface area contributed by atoms with Crippen LogP contribution in [0, 0.1) is 0 Å². The summed E-state index contributed by atoms with van der Waals surface area (Å²) in [7, 11) is -3.72. The number of nitrogens with two attached hydrogens (primary N) is 1. The fraction of sp³-hybridized carbons (Fsp3) is 0.300. The Morgan fingerprint density at radius 2 is 1.88 bits per heavy atom. The summed E-state index contributed by atoms with van der Waals surface area (Å²) in [5.41, 5.74) is 6.34. The van der Waals surface area contributed by atoms with Gasteiger partial charge in [0, 0.05) is 6.92 Å². The van der Waals surface area contributed by atoms with Crippen molar-refractivity contribution in [2.75, 3.05) is 6.54 Å². The van der Waals surface area contributed by atoms with Crippen LogP contribution in [0.3, 0.4) is 0 Å². The van der Waals surface area contributed by atoms with E-state index in [0.717, 1.165) is 12.5 Å². The average molecular weight is 242 g/mol. The van der Waals surface area contributed by atoms with Crippen molar-refractivity contribution in [1.29, 1.82) is 0 Å². The minimum Gasteiger partial charge on any atom is -0.330 e. The molecule has 0 fully saturated rings. The molecule has 0 spiro atoms. The maximum absolute atomic E-state index is 11.6. The van der Waals surface area contributed by atoms with Gasteiger partial charge in [0.2, 0.25) is 5.91 Å². The van der Waals surface area contributed by atoms with E-state index in [1.165, 1.54) is 12.1 Å². The van der Waals surface area contributed by atoms with E-state index in [-0.39, 0.29) is 4.90 Å². The third-order valence-corrected chi connectivity index (χ3v) is 3.39. The number of sulfonamides is 1. The molecule has 16 heavy (non-hydrogen) atoms. The minimum atomic E-state index is -3.72. The van der Waals surface area contributed by atoms with E-state index in [9.17, 15) is 13.2 Å². The average Bonchev–Trinajstić information content (AvgIpc) is 2.17. The number of hydrogen-bond acceptors (Lipinski definition) is 4. The number of nitrogens with one attached hydrogen (secondary N) is 1. The molecule has 88 valence electrons. The van der Waals surface area contributed by atoms with Gasteiger partial charge in [-0.2, -0.15) is 0 Å². The van der Waals surface area contributed by atoms with Crippen molar-refractivity contribution < 1.29 is 13.2 Å². The van der Waals surface area contributed by atoms with Crippen LogP contribution in [0.2, 0.25) is 0 Å². The molecule has 1 amide bonds. The van der Waals surface area contributed by atoms with E-state index in [1.54, 1.807) is 12.1 Å². The van der Waals surface area contributed by atoms with Crippen molar-refractivity contribution in [3.8, 4) is 0 Å². The second-order valence-electron chi connectivity index (χ2n) is 3.34. The fourth-order valence-electron chi connectivity index (χ4n) is 1.25. The summed E-state index contributed by atoms with van der Waals surface area (Å²) >= 11 is 0. The van der Waals surface area contributed by atoms with Crippen LogP contribution < -0.4 is 10.5 Å². The third kappa shape index (κ3) is 3.32. The van der Waals surface area contributed by atoms with E-state index < -0.39 is 15.9 Å². The maximum atomic E-state index is 11.6. The Balaban J connectivity index is 2.93. The lowest BCUT2D eigenvalue weighted by molar-refractivity contribution is -0.117. The van der Waals surface area contributed by atoms with Crippen molar-refractivity contribution in [2.24, 2.45) is 5.73 Å². The van der Waals surface area contributed by atoms with Gasteiger partial charge in [-0.1, -0.05) is 12.1 Å². The molecular weight excluding hydrogens is 228 g/mol. The first-order valence-corrected chi connectivity index (χ1v) is 6.26. The van der Waals surface area contributed by atoms with Gasteiger partial charge in [0.15, 0.2) is 0 Å². The molecule has 5 nitrogen and oxygen atoms in total. The molecule has 0 aliphatic rings. The molecule has 0 aliphatic carbocycles.